The Morgan fingerprint density at radius 2 is 1.86 bits per heavy atom. The van der Waals surface area contributed by atoms with E-state index in [0.29, 0.717) is 12.1 Å². The number of nitro benzene ring substituents is 1. The number of rotatable bonds is 8. The molecule has 5 aromatic rings. The zero-order valence-electron chi connectivity index (χ0n) is 20.1. The average molecular weight is 509 g/mol. The lowest BCUT2D eigenvalue weighted by molar-refractivity contribution is -0.384. The van der Waals surface area contributed by atoms with E-state index in [0.717, 1.165) is 33.9 Å². The molecule has 0 spiro atoms. The van der Waals surface area contributed by atoms with E-state index in [-0.39, 0.29) is 10.6 Å². The van der Waals surface area contributed by atoms with Gasteiger partial charge in [-0.05, 0) is 36.6 Å². The molecule has 0 aliphatic rings. The Kier molecular flexibility index (Phi) is 7.14. The number of hydrogen-bond acceptors (Lipinski definition) is 6. The van der Waals surface area contributed by atoms with Crippen molar-refractivity contribution >= 4 is 22.7 Å². The van der Waals surface area contributed by atoms with Crippen LogP contribution in [0.5, 0.6) is 0 Å². The molecule has 0 atom stereocenters. The van der Waals surface area contributed by atoms with Crippen molar-refractivity contribution in [2.75, 3.05) is 6.54 Å². The molecule has 8 nitrogen and oxygen atoms in total. The van der Waals surface area contributed by atoms with Crippen LogP contribution in [0.4, 0.5) is 5.69 Å². The second kappa shape index (κ2) is 11.0. The number of nitro groups is 1. The van der Waals surface area contributed by atoms with Gasteiger partial charge in [0.25, 0.3) is 5.69 Å². The van der Waals surface area contributed by atoms with Crippen LogP contribution in [0.15, 0.2) is 113 Å². The van der Waals surface area contributed by atoms with E-state index >= 15 is 0 Å². The topological polar surface area (TPSA) is 90.6 Å². The normalized spacial score (nSPS) is 12.1. The highest BCUT2D eigenvalue weighted by Crippen LogP contribution is 2.25. The molecule has 0 N–H and O–H groups in total. The van der Waals surface area contributed by atoms with Crippen molar-refractivity contribution in [2.24, 2.45) is 10.1 Å². The van der Waals surface area contributed by atoms with E-state index in [1.165, 1.54) is 23.0 Å². The SMILES string of the molecule is CC(=Nn1c(-c2cccc([N+](=O)[O-])c2)csc1=NCCc1ccccc1)c1ccc(-n2ccnc2)cc1. The Balaban J connectivity index is 1.52. The van der Waals surface area contributed by atoms with E-state index in [9.17, 15) is 10.1 Å². The summed E-state index contributed by atoms with van der Waals surface area (Å²) in [5.41, 5.74) is 5.48. The molecule has 0 amide bonds. The zero-order valence-corrected chi connectivity index (χ0v) is 21.0. The summed E-state index contributed by atoms with van der Waals surface area (Å²) >= 11 is 1.47. The summed E-state index contributed by atoms with van der Waals surface area (Å²) in [6.07, 6.45) is 6.20. The molecule has 9 heteroatoms. The van der Waals surface area contributed by atoms with Gasteiger partial charge in [0, 0.05) is 47.7 Å². The van der Waals surface area contributed by atoms with Crippen LogP contribution >= 0.6 is 11.3 Å². The first-order valence-corrected chi connectivity index (χ1v) is 12.6. The predicted octanol–water partition coefficient (Wildman–Crippen LogP) is 5.73. The molecule has 3 aromatic carbocycles. The van der Waals surface area contributed by atoms with Gasteiger partial charge in [-0.15, -0.1) is 11.3 Å². The molecule has 184 valence electrons. The van der Waals surface area contributed by atoms with Crippen molar-refractivity contribution in [2.45, 2.75) is 13.3 Å². The number of imidazole rings is 1. The quantitative estimate of drug-likeness (QED) is 0.152. The molecular weight excluding hydrogens is 484 g/mol. The van der Waals surface area contributed by atoms with Crippen LogP contribution in [0.25, 0.3) is 16.9 Å². The Morgan fingerprint density at radius 1 is 1.05 bits per heavy atom. The van der Waals surface area contributed by atoms with E-state index in [1.54, 1.807) is 29.3 Å². The Morgan fingerprint density at radius 3 is 2.59 bits per heavy atom. The lowest BCUT2D eigenvalue weighted by atomic mass is 10.1. The number of benzene rings is 3. The van der Waals surface area contributed by atoms with Gasteiger partial charge in [-0.2, -0.15) is 5.10 Å². The van der Waals surface area contributed by atoms with Crippen molar-refractivity contribution < 1.29 is 4.92 Å². The summed E-state index contributed by atoms with van der Waals surface area (Å²) in [6.45, 7) is 2.55. The standard InChI is InChI=1S/C28H24N6O2S/c1-21(23-10-12-25(13-11-23)32-17-16-29-20-32)31-33-27(24-8-5-9-26(18-24)34(35)36)19-37-28(33)30-15-14-22-6-3-2-4-7-22/h2-13,16-20H,14-15H2,1H3. The van der Waals surface area contributed by atoms with Crippen molar-refractivity contribution in [3.63, 3.8) is 0 Å². The maximum absolute atomic E-state index is 11.4. The van der Waals surface area contributed by atoms with Gasteiger partial charge >= 0.3 is 0 Å². The number of nitrogens with zero attached hydrogens (tertiary/aromatic N) is 6. The van der Waals surface area contributed by atoms with Gasteiger partial charge in [-0.1, -0.05) is 54.6 Å². The molecule has 0 bridgehead atoms. The molecule has 5 rings (SSSR count). The molecule has 0 fully saturated rings. The maximum Gasteiger partial charge on any atom is 0.270 e. The average Bonchev–Trinajstić information content (AvgIpc) is 3.60. The van der Waals surface area contributed by atoms with Crippen LogP contribution in [-0.2, 0) is 6.42 Å². The van der Waals surface area contributed by atoms with Gasteiger partial charge in [-0.3, -0.25) is 15.1 Å². The highest BCUT2D eigenvalue weighted by atomic mass is 32.1. The van der Waals surface area contributed by atoms with E-state index in [1.807, 2.05) is 71.6 Å². The molecular formula is C28H24N6O2S. The third kappa shape index (κ3) is 5.62. The molecule has 0 unspecified atom stereocenters. The third-order valence-corrected chi connectivity index (χ3v) is 6.72. The monoisotopic (exact) mass is 508 g/mol. The van der Waals surface area contributed by atoms with Crippen LogP contribution in [-0.4, -0.2) is 31.4 Å². The van der Waals surface area contributed by atoms with E-state index in [4.69, 9.17) is 10.1 Å². The minimum Gasteiger partial charge on any atom is -0.306 e. The van der Waals surface area contributed by atoms with Gasteiger partial charge in [0.05, 0.1) is 22.7 Å². The van der Waals surface area contributed by atoms with Gasteiger partial charge in [-0.25, -0.2) is 9.66 Å². The molecule has 2 aromatic heterocycles. The lowest BCUT2D eigenvalue weighted by Crippen LogP contribution is -2.15. The number of thiazole rings is 1. The first kappa shape index (κ1) is 24.1. The summed E-state index contributed by atoms with van der Waals surface area (Å²) in [6, 6.07) is 24.9. The smallest absolute Gasteiger partial charge is 0.270 e. The maximum atomic E-state index is 11.4. The van der Waals surface area contributed by atoms with Crippen LogP contribution < -0.4 is 4.80 Å². The first-order chi connectivity index (χ1) is 18.1. The molecule has 37 heavy (non-hydrogen) atoms. The molecule has 0 saturated heterocycles. The van der Waals surface area contributed by atoms with Crippen LogP contribution in [0.2, 0.25) is 0 Å². The number of aromatic nitrogens is 3. The van der Waals surface area contributed by atoms with Crippen molar-refractivity contribution in [3.05, 3.63) is 129 Å². The van der Waals surface area contributed by atoms with Crippen LogP contribution in [0.1, 0.15) is 18.1 Å². The van der Waals surface area contributed by atoms with Gasteiger partial charge in [0.15, 0.2) is 0 Å². The van der Waals surface area contributed by atoms with Crippen molar-refractivity contribution in [1.82, 2.24) is 14.2 Å². The second-order valence-corrected chi connectivity index (χ2v) is 9.18. The second-order valence-electron chi connectivity index (χ2n) is 8.34. The highest BCUT2D eigenvalue weighted by molar-refractivity contribution is 7.07. The zero-order chi connectivity index (χ0) is 25.6. The fraction of sp³-hybridized carbons (Fsp3) is 0.107. The lowest BCUT2D eigenvalue weighted by Gasteiger charge is -2.08. The fourth-order valence-corrected chi connectivity index (χ4v) is 4.76. The molecule has 2 heterocycles. The largest absolute Gasteiger partial charge is 0.306 e. The third-order valence-electron chi connectivity index (χ3n) is 5.87. The van der Waals surface area contributed by atoms with E-state index < -0.39 is 0 Å². The Labute approximate surface area is 217 Å². The van der Waals surface area contributed by atoms with Gasteiger partial charge in [0.1, 0.15) is 0 Å². The van der Waals surface area contributed by atoms with Crippen molar-refractivity contribution in [1.29, 1.82) is 0 Å². The summed E-state index contributed by atoms with van der Waals surface area (Å²) in [4.78, 5) is 20.6. The highest BCUT2D eigenvalue weighted by Gasteiger charge is 2.13. The Bertz CT molecular complexity index is 1600. The molecule has 0 aliphatic carbocycles. The van der Waals surface area contributed by atoms with Gasteiger partial charge in [0.2, 0.25) is 4.80 Å². The summed E-state index contributed by atoms with van der Waals surface area (Å²) < 4.78 is 3.72. The minimum atomic E-state index is -0.387. The Hall–Kier alpha value is -4.63. The van der Waals surface area contributed by atoms with E-state index in [2.05, 4.69) is 17.1 Å². The van der Waals surface area contributed by atoms with Crippen LogP contribution in [0.3, 0.4) is 0 Å². The summed E-state index contributed by atoms with van der Waals surface area (Å²) in [7, 11) is 0. The summed E-state index contributed by atoms with van der Waals surface area (Å²) in [5.74, 6) is 0. The van der Waals surface area contributed by atoms with Crippen LogP contribution in [0, 0.1) is 10.1 Å². The molecule has 0 radical (unpaired) electrons. The minimum absolute atomic E-state index is 0.0357. The van der Waals surface area contributed by atoms with Gasteiger partial charge < -0.3 is 4.57 Å². The van der Waals surface area contributed by atoms with Crippen molar-refractivity contribution in [3.8, 4) is 16.9 Å². The number of non-ortho nitro benzene ring substituents is 1. The molecule has 0 aliphatic heterocycles. The fourth-order valence-electron chi connectivity index (χ4n) is 3.90. The predicted molar refractivity (Wildman–Crippen MR) is 146 cm³/mol. The first-order valence-electron chi connectivity index (χ1n) is 11.7. The summed E-state index contributed by atoms with van der Waals surface area (Å²) in [5, 5.41) is 18.2. The number of hydrogen-bond donors (Lipinski definition) is 0. The molecule has 0 saturated carbocycles.